The highest BCUT2D eigenvalue weighted by Gasteiger charge is 2.33. The van der Waals surface area contributed by atoms with Crippen LogP contribution in [0.4, 0.5) is 0 Å². The van der Waals surface area contributed by atoms with Gasteiger partial charge in [-0.05, 0) is 93.2 Å². The number of aryl methyl sites for hydroxylation is 1. The van der Waals surface area contributed by atoms with Crippen LogP contribution in [-0.4, -0.2) is 40.6 Å². The number of piperidine rings is 3. The Bertz CT molecular complexity index is 945. The highest BCUT2D eigenvalue weighted by atomic mass is 16.5. The summed E-state index contributed by atoms with van der Waals surface area (Å²) in [6, 6.07) is 15.1. The van der Waals surface area contributed by atoms with Gasteiger partial charge in [-0.2, -0.15) is 0 Å². The highest BCUT2D eigenvalue weighted by Crippen LogP contribution is 2.32. The Labute approximate surface area is 160 Å². The van der Waals surface area contributed by atoms with Crippen LogP contribution in [0.5, 0.6) is 5.75 Å². The van der Waals surface area contributed by atoms with Gasteiger partial charge < -0.3 is 4.74 Å². The van der Waals surface area contributed by atoms with Crippen molar-refractivity contribution in [2.24, 2.45) is 5.92 Å². The molecule has 0 N–H and O–H groups in total. The summed E-state index contributed by atoms with van der Waals surface area (Å²) in [5.41, 5.74) is 4.05. The van der Waals surface area contributed by atoms with E-state index in [2.05, 4.69) is 53.2 Å². The molecule has 0 amide bonds. The summed E-state index contributed by atoms with van der Waals surface area (Å²) >= 11 is 0. The maximum absolute atomic E-state index is 6.12. The van der Waals surface area contributed by atoms with E-state index in [1.807, 2.05) is 6.07 Å². The Morgan fingerprint density at radius 1 is 1.11 bits per heavy atom. The van der Waals surface area contributed by atoms with E-state index < -0.39 is 0 Å². The van der Waals surface area contributed by atoms with E-state index >= 15 is 0 Å². The van der Waals surface area contributed by atoms with E-state index in [0.717, 1.165) is 46.1 Å². The molecule has 6 rings (SSSR count). The molecule has 3 aliphatic rings. The van der Waals surface area contributed by atoms with Gasteiger partial charge in [0.25, 0.3) is 0 Å². The summed E-state index contributed by atoms with van der Waals surface area (Å²) < 4.78 is 6.12. The van der Waals surface area contributed by atoms with E-state index in [-0.39, 0.29) is 0 Å². The lowest BCUT2D eigenvalue weighted by atomic mass is 9.83. The minimum Gasteiger partial charge on any atom is -0.492 e. The quantitative estimate of drug-likeness (QED) is 0.689. The maximum atomic E-state index is 6.12. The fourth-order valence-corrected chi connectivity index (χ4v) is 4.57. The standard InChI is InChI=1S/C23H25N3O/c1-16-13-19-3-2-10-24-23(19)25-22(16)18-4-6-21(7-5-18)27-15-20-14-17-8-11-26(20)12-9-17/h2-7,10,13,17,20H,8-9,11-12,14-15H2,1H3. The molecule has 0 saturated carbocycles. The van der Waals surface area contributed by atoms with Gasteiger partial charge in [0, 0.05) is 23.2 Å². The first-order chi connectivity index (χ1) is 13.3. The van der Waals surface area contributed by atoms with Crippen molar-refractivity contribution < 1.29 is 4.74 Å². The summed E-state index contributed by atoms with van der Waals surface area (Å²) in [7, 11) is 0. The van der Waals surface area contributed by atoms with Crippen LogP contribution in [0, 0.1) is 12.8 Å². The van der Waals surface area contributed by atoms with E-state index in [9.17, 15) is 0 Å². The third-order valence-corrected chi connectivity index (χ3v) is 6.12. The number of hydrogen-bond donors (Lipinski definition) is 0. The van der Waals surface area contributed by atoms with Crippen LogP contribution in [0.25, 0.3) is 22.3 Å². The third kappa shape index (κ3) is 3.30. The van der Waals surface area contributed by atoms with Crippen molar-refractivity contribution in [2.45, 2.75) is 32.2 Å². The van der Waals surface area contributed by atoms with Gasteiger partial charge in [0.1, 0.15) is 12.4 Å². The molecule has 4 heteroatoms. The normalized spacial score (nSPS) is 24.3. The van der Waals surface area contributed by atoms with Crippen molar-refractivity contribution in [2.75, 3.05) is 19.7 Å². The average molecular weight is 359 g/mol. The van der Waals surface area contributed by atoms with Crippen LogP contribution >= 0.6 is 0 Å². The first kappa shape index (κ1) is 16.7. The van der Waals surface area contributed by atoms with Crippen LogP contribution in [0.1, 0.15) is 24.8 Å². The number of aromatic nitrogens is 2. The number of ether oxygens (including phenoxy) is 1. The lowest BCUT2D eigenvalue weighted by molar-refractivity contribution is 0.0238. The molecular weight excluding hydrogens is 334 g/mol. The predicted molar refractivity (Wildman–Crippen MR) is 108 cm³/mol. The van der Waals surface area contributed by atoms with Gasteiger partial charge in [-0.1, -0.05) is 0 Å². The van der Waals surface area contributed by atoms with Crippen molar-refractivity contribution in [1.82, 2.24) is 14.9 Å². The van der Waals surface area contributed by atoms with Crippen LogP contribution in [0.2, 0.25) is 0 Å². The molecule has 0 spiro atoms. The average Bonchev–Trinajstić information content (AvgIpc) is 2.73. The topological polar surface area (TPSA) is 38.3 Å². The molecular formula is C23H25N3O. The molecule has 3 saturated heterocycles. The second kappa shape index (κ2) is 6.93. The van der Waals surface area contributed by atoms with Gasteiger partial charge in [-0.15, -0.1) is 0 Å². The second-order valence-corrected chi connectivity index (χ2v) is 7.91. The van der Waals surface area contributed by atoms with E-state index in [0.29, 0.717) is 6.04 Å². The van der Waals surface area contributed by atoms with Crippen molar-refractivity contribution in [3.63, 3.8) is 0 Å². The van der Waals surface area contributed by atoms with Crippen molar-refractivity contribution in [3.05, 3.63) is 54.2 Å². The lowest BCUT2D eigenvalue weighted by Gasteiger charge is -2.45. The Balaban J connectivity index is 1.31. The fourth-order valence-electron chi connectivity index (χ4n) is 4.57. The number of pyridine rings is 2. The zero-order valence-electron chi connectivity index (χ0n) is 15.8. The van der Waals surface area contributed by atoms with Crippen molar-refractivity contribution in [1.29, 1.82) is 0 Å². The smallest absolute Gasteiger partial charge is 0.159 e. The number of rotatable bonds is 4. The summed E-state index contributed by atoms with van der Waals surface area (Å²) in [5.74, 6) is 1.86. The number of fused-ring (bicyclic) bond motifs is 4. The molecule has 2 bridgehead atoms. The summed E-state index contributed by atoms with van der Waals surface area (Å²) in [4.78, 5) is 11.7. The molecule has 3 aromatic rings. The number of benzene rings is 1. The zero-order chi connectivity index (χ0) is 18.2. The third-order valence-electron chi connectivity index (χ3n) is 6.12. The lowest BCUT2D eigenvalue weighted by Crippen LogP contribution is -2.51. The van der Waals surface area contributed by atoms with Crippen molar-refractivity contribution in [3.8, 4) is 17.0 Å². The fraction of sp³-hybridized carbons (Fsp3) is 0.391. The molecule has 1 unspecified atom stereocenters. The van der Waals surface area contributed by atoms with E-state index in [1.165, 1.54) is 32.4 Å². The largest absolute Gasteiger partial charge is 0.492 e. The molecule has 3 aliphatic heterocycles. The SMILES string of the molecule is Cc1cc2cccnc2nc1-c1ccc(OCC2CC3CCN2CC3)cc1. The minimum absolute atomic E-state index is 0.590. The van der Waals surface area contributed by atoms with Gasteiger partial charge in [0.2, 0.25) is 0 Å². The molecule has 3 fully saturated rings. The Hall–Kier alpha value is -2.46. The molecule has 0 aliphatic carbocycles. The first-order valence-electron chi connectivity index (χ1n) is 9.96. The Kier molecular flexibility index (Phi) is 4.29. The molecule has 138 valence electrons. The van der Waals surface area contributed by atoms with Gasteiger partial charge >= 0.3 is 0 Å². The zero-order valence-corrected chi connectivity index (χ0v) is 15.8. The molecule has 27 heavy (non-hydrogen) atoms. The number of nitrogens with zero attached hydrogens (tertiary/aromatic N) is 3. The van der Waals surface area contributed by atoms with E-state index in [4.69, 9.17) is 9.72 Å². The summed E-state index contributed by atoms with van der Waals surface area (Å²) in [5, 5.41) is 1.08. The predicted octanol–water partition coefficient (Wildman–Crippen LogP) is 4.47. The van der Waals surface area contributed by atoms with E-state index in [1.54, 1.807) is 6.20 Å². The minimum atomic E-state index is 0.590. The van der Waals surface area contributed by atoms with Crippen molar-refractivity contribution >= 4 is 11.0 Å². The molecule has 2 aromatic heterocycles. The highest BCUT2D eigenvalue weighted by molar-refractivity contribution is 5.80. The maximum Gasteiger partial charge on any atom is 0.159 e. The van der Waals surface area contributed by atoms with Gasteiger partial charge in [0.05, 0.1) is 5.69 Å². The molecule has 5 heterocycles. The molecule has 1 atom stereocenters. The van der Waals surface area contributed by atoms with Crippen LogP contribution in [0.15, 0.2) is 48.7 Å². The summed E-state index contributed by atoms with van der Waals surface area (Å²) in [6.45, 7) is 5.40. The van der Waals surface area contributed by atoms with Gasteiger partial charge in [0.15, 0.2) is 5.65 Å². The van der Waals surface area contributed by atoms with Crippen LogP contribution in [-0.2, 0) is 0 Å². The first-order valence-corrected chi connectivity index (χ1v) is 9.96. The molecule has 4 nitrogen and oxygen atoms in total. The molecule has 0 radical (unpaired) electrons. The molecule has 1 aromatic carbocycles. The summed E-state index contributed by atoms with van der Waals surface area (Å²) in [6.07, 6.45) is 5.83. The van der Waals surface area contributed by atoms with Gasteiger partial charge in [-0.3, -0.25) is 4.90 Å². The van der Waals surface area contributed by atoms with Gasteiger partial charge in [-0.25, -0.2) is 9.97 Å². The number of hydrogen-bond acceptors (Lipinski definition) is 4. The monoisotopic (exact) mass is 359 g/mol. The Morgan fingerprint density at radius 3 is 2.67 bits per heavy atom. The van der Waals surface area contributed by atoms with Crippen LogP contribution in [0.3, 0.4) is 0 Å². The second-order valence-electron chi connectivity index (χ2n) is 7.91. The van der Waals surface area contributed by atoms with Crippen LogP contribution < -0.4 is 4.74 Å². The Morgan fingerprint density at radius 2 is 1.93 bits per heavy atom.